The standard InChI is InChI=1S/C15H12O4S2/c1-18-8-3-4-10-9(7-8)15(20-5-2-6-21-15)11-12(16)13(17)14(11)19-10/h3-4,7H,2,5-6H2,1H3. The van der Waals surface area contributed by atoms with Crippen molar-refractivity contribution in [1.82, 2.24) is 0 Å². The topological polar surface area (TPSA) is 52.6 Å². The lowest BCUT2D eigenvalue weighted by Crippen LogP contribution is -2.46. The molecule has 1 saturated heterocycles. The van der Waals surface area contributed by atoms with Gasteiger partial charge in [0.2, 0.25) is 5.43 Å². The van der Waals surface area contributed by atoms with E-state index in [0.717, 1.165) is 29.2 Å². The molecule has 2 aromatic rings. The third-order valence-electron chi connectivity index (χ3n) is 3.85. The lowest BCUT2D eigenvalue weighted by Gasteiger charge is -2.41. The van der Waals surface area contributed by atoms with Gasteiger partial charge in [0.1, 0.15) is 15.6 Å². The summed E-state index contributed by atoms with van der Waals surface area (Å²) in [6.45, 7) is 0. The Hall–Kier alpha value is -1.40. The molecule has 0 unspecified atom stereocenters. The summed E-state index contributed by atoms with van der Waals surface area (Å²) >= 11 is 3.43. The molecule has 0 amide bonds. The Kier molecular flexibility index (Phi) is 2.87. The molecule has 108 valence electrons. The number of benzene rings is 1. The molecular formula is C15H12O4S2. The quantitative estimate of drug-likeness (QED) is 0.753. The maximum absolute atomic E-state index is 12.1. The van der Waals surface area contributed by atoms with Crippen LogP contribution in [0.3, 0.4) is 0 Å². The predicted molar refractivity (Wildman–Crippen MR) is 84.7 cm³/mol. The van der Waals surface area contributed by atoms with Gasteiger partial charge in [-0.05, 0) is 36.1 Å². The number of ether oxygens (including phenoxy) is 2. The Morgan fingerprint density at radius 1 is 1.19 bits per heavy atom. The molecule has 2 aliphatic heterocycles. The Balaban J connectivity index is 1.98. The van der Waals surface area contributed by atoms with E-state index in [1.54, 1.807) is 36.7 Å². The molecule has 6 heteroatoms. The van der Waals surface area contributed by atoms with Crippen LogP contribution in [0.2, 0.25) is 0 Å². The van der Waals surface area contributed by atoms with Gasteiger partial charge in [-0.3, -0.25) is 9.59 Å². The van der Waals surface area contributed by atoms with Gasteiger partial charge < -0.3 is 9.47 Å². The Morgan fingerprint density at radius 3 is 2.67 bits per heavy atom. The third-order valence-corrected chi connectivity index (χ3v) is 7.20. The lowest BCUT2D eigenvalue weighted by atomic mass is 9.95. The molecule has 1 fully saturated rings. The fourth-order valence-corrected chi connectivity index (χ4v) is 6.28. The molecule has 2 aliphatic rings. The van der Waals surface area contributed by atoms with Gasteiger partial charge in [-0.25, -0.2) is 0 Å². The molecule has 2 heterocycles. The van der Waals surface area contributed by atoms with Gasteiger partial charge in [0.25, 0.3) is 5.43 Å². The Labute approximate surface area is 129 Å². The molecule has 0 N–H and O–H groups in total. The molecule has 0 saturated carbocycles. The van der Waals surface area contributed by atoms with Crippen LogP contribution >= 0.6 is 23.5 Å². The second kappa shape index (κ2) is 4.55. The average molecular weight is 320 g/mol. The van der Waals surface area contributed by atoms with Crippen molar-refractivity contribution < 1.29 is 9.47 Å². The molecule has 21 heavy (non-hydrogen) atoms. The van der Waals surface area contributed by atoms with E-state index in [-0.39, 0.29) is 5.75 Å². The largest absolute Gasteiger partial charge is 0.497 e. The van der Waals surface area contributed by atoms with E-state index >= 15 is 0 Å². The SMILES string of the molecule is COc1ccc2c(c1)C1(SCCCS1)c1c(c(=O)c1=O)O2. The van der Waals surface area contributed by atoms with Crippen molar-refractivity contribution in [1.29, 1.82) is 0 Å². The van der Waals surface area contributed by atoms with E-state index in [4.69, 9.17) is 9.47 Å². The fourth-order valence-electron chi connectivity index (χ4n) is 2.83. The van der Waals surface area contributed by atoms with Crippen molar-refractivity contribution >= 4 is 23.5 Å². The van der Waals surface area contributed by atoms with E-state index in [1.807, 2.05) is 12.1 Å². The summed E-state index contributed by atoms with van der Waals surface area (Å²) in [6.07, 6.45) is 1.10. The highest BCUT2D eigenvalue weighted by Gasteiger charge is 2.50. The van der Waals surface area contributed by atoms with Gasteiger partial charge in [0.15, 0.2) is 5.75 Å². The molecule has 0 aliphatic carbocycles. The van der Waals surface area contributed by atoms with Crippen molar-refractivity contribution in [3.63, 3.8) is 0 Å². The zero-order valence-corrected chi connectivity index (χ0v) is 12.9. The molecule has 4 nitrogen and oxygen atoms in total. The maximum Gasteiger partial charge on any atom is 0.269 e. The van der Waals surface area contributed by atoms with Crippen LogP contribution in [0, 0.1) is 0 Å². The van der Waals surface area contributed by atoms with Crippen LogP contribution in [0.5, 0.6) is 17.2 Å². The molecule has 0 atom stereocenters. The Morgan fingerprint density at radius 2 is 1.95 bits per heavy atom. The first kappa shape index (κ1) is 13.3. The summed E-state index contributed by atoms with van der Waals surface area (Å²) in [6, 6.07) is 5.53. The van der Waals surface area contributed by atoms with Gasteiger partial charge >= 0.3 is 0 Å². The Bertz CT molecular complexity index is 798. The molecule has 4 rings (SSSR count). The number of rotatable bonds is 1. The van der Waals surface area contributed by atoms with Gasteiger partial charge in [-0.15, -0.1) is 23.5 Å². The van der Waals surface area contributed by atoms with Crippen molar-refractivity contribution in [2.24, 2.45) is 0 Å². The predicted octanol–water partition coefficient (Wildman–Crippen LogP) is 2.47. The van der Waals surface area contributed by atoms with E-state index in [1.165, 1.54) is 0 Å². The second-order valence-corrected chi connectivity index (χ2v) is 7.87. The summed E-state index contributed by atoms with van der Waals surface area (Å²) in [5.41, 5.74) is 0.553. The number of thioether (sulfide) groups is 2. The van der Waals surface area contributed by atoms with E-state index in [0.29, 0.717) is 11.3 Å². The first-order valence-corrected chi connectivity index (χ1v) is 8.62. The molecule has 2 aromatic carbocycles. The first-order chi connectivity index (χ1) is 10.2. The van der Waals surface area contributed by atoms with Crippen LogP contribution in [0.1, 0.15) is 17.5 Å². The molecule has 1 spiro atoms. The van der Waals surface area contributed by atoms with Crippen LogP contribution in [-0.4, -0.2) is 18.6 Å². The van der Waals surface area contributed by atoms with Crippen molar-refractivity contribution in [2.75, 3.05) is 18.6 Å². The second-order valence-electron chi connectivity index (χ2n) is 4.99. The van der Waals surface area contributed by atoms with E-state index in [2.05, 4.69) is 0 Å². The number of hydrogen-bond acceptors (Lipinski definition) is 6. The zero-order valence-electron chi connectivity index (χ0n) is 11.3. The zero-order chi connectivity index (χ0) is 14.6. The molecule has 0 aromatic heterocycles. The highest BCUT2D eigenvalue weighted by Crippen LogP contribution is 2.61. The van der Waals surface area contributed by atoms with Crippen molar-refractivity contribution in [2.45, 2.75) is 10.5 Å². The van der Waals surface area contributed by atoms with E-state index < -0.39 is 14.9 Å². The third kappa shape index (κ3) is 1.66. The van der Waals surface area contributed by atoms with Crippen LogP contribution in [-0.2, 0) is 4.08 Å². The molecule has 0 bridgehead atoms. The fraction of sp³-hybridized carbons (Fsp3) is 0.333. The van der Waals surface area contributed by atoms with Gasteiger partial charge in [-0.1, -0.05) is 0 Å². The van der Waals surface area contributed by atoms with Crippen LogP contribution in [0.25, 0.3) is 0 Å². The number of fused-ring (bicyclic) bond motifs is 4. The summed E-state index contributed by atoms with van der Waals surface area (Å²) in [7, 11) is 1.61. The number of methoxy groups -OCH3 is 1. The van der Waals surface area contributed by atoms with Gasteiger partial charge in [0, 0.05) is 5.56 Å². The maximum atomic E-state index is 12.1. The summed E-state index contributed by atoms with van der Waals surface area (Å²) in [5.74, 6) is 3.53. The highest BCUT2D eigenvalue weighted by molar-refractivity contribution is 8.18. The normalized spacial score (nSPS) is 18.9. The average Bonchev–Trinajstić information content (AvgIpc) is 2.54. The summed E-state index contributed by atoms with van der Waals surface area (Å²) < 4.78 is 10.5. The summed E-state index contributed by atoms with van der Waals surface area (Å²) in [4.78, 5) is 23.9. The minimum Gasteiger partial charge on any atom is -0.497 e. The van der Waals surface area contributed by atoms with Crippen LogP contribution in [0.15, 0.2) is 27.8 Å². The minimum absolute atomic E-state index is 0.236. The summed E-state index contributed by atoms with van der Waals surface area (Å²) in [5, 5.41) is 0. The monoisotopic (exact) mass is 320 g/mol. The van der Waals surface area contributed by atoms with Gasteiger partial charge in [0.05, 0.1) is 12.7 Å². The lowest BCUT2D eigenvalue weighted by molar-refractivity contribution is 0.407. The first-order valence-electron chi connectivity index (χ1n) is 6.65. The highest BCUT2D eigenvalue weighted by atomic mass is 32.2. The van der Waals surface area contributed by atoms with E-state index in [9.17, 15) is 9.59 Å². The van der Waals surface area contributed by atoms with Crippen LogP contribution < -0.4 is 20.3 Å². The van der Waals surface area contributed by atoms with Crippen molar-refractivity contribution in [3.8, 4) is 17.2 Å². The molecule has 0 radical (unpaired) electrons. The van der Waals surface area contributed by atoms with Crippen molar-refractivity contribution in [3.05, 3.63) is 49.8 Å². The van der Waals surface area contributed by atoms with Gasteiger partial charge in [-0.2, -0.15) is 0 Å². The van der Waals surface area contributed by atoms with Crippen LogP contribution in [0.4, 0.5) is 0 Å². The molecular weight excluding hydrogens is 308 g/mol. The smallest absolute Gasteiger partial charge is 0.269 e. The minimum atomic E-state index is -0.513. The number of hydrogen-bond donors (Lipinski definition) is 0.